The van der Waals surface area contributed by atoms with Gasteiger partial charge in [-0.1, -0.05) is 58.0 Å². The van der Waals surface area contributed by atoms with E-state index in [0.29, 0.717) is 42.3 Å². The molecule has 0 bridgehead atoms. The van der Waals surface area contributed by atoms with Crippen molar-refractivity contribution in [3.8, 4) is 27.6 Å². The van der Waals surface area contributed by atoms with Crippen LogP contribution in [0.5, 0.6) is 5.75 Å². The van der Waals surface area contributed by atoms with Crippen molar-refractivity contribution in [1.29, 1.82) is 0 Å². The van der Waals surface area contributed by atoms with Crippen molar-refractivity contribution in [3.05, 3.63) is 95.4 Å². The number of β-amino-alcohol motifs (C(OH)–C–C–N with tert-alkyl or cyclic N) is 1. The van der Waals surface area contributed by atoms with Crippen LogP contribution in [0.15, 0.2) is 78.4 Å². The van der Waals surface area contributed by atoms with Crippen molar-refractivity contribution >= 4 is 46.3 Å². The molecule has 16 nitrogen and oxygen atoms in total. The number of nitrogens with zero attached hydrogens (tertiary/aromatic N) is 5. The first-order valence-corrected chi connectivity index (χ1v) is 22.4. The Morgan fingerprint density at radius 3 is 2.48 bits per heavy atom. The molecule has 2 saturated heterocycles. The molecule has 0 aliphatic carbocycles. The number of methoxy groups -OCH3 is 1. The standard InChI is InChI=1S/C47H57N9O7S/c1-27-23-55(32-15-16-36(40(21-32)62-7)52-44(59)37-10-8-9-34(51-37)35-17-19-49-54-35)20-18-39(27)63-25-41(58)53-43(47(4,5)6)46(61)56-24-33(57)22-38(56)45(60)50-28(2)30-11-13-31(14-12-30)42-29(3)48-26-64-42/h8-17,19,21,26-28,33,38-39,43,57H,18,20,22-25H2,1-7H3,(H,49,54)(H,50,60)(H,52,59)(H,53,58). The molecule has 6 atom stereocenters. The summed E-state index contributed by atoms with van der Waals surface area (Å²) in [6, 6.07) is 18.3. The van der Waals surface area contributed by atoms with Gasteiger partial charge in [0, 0.05) is 44.0 Å². The van der Waals surface area contributed by atoms with Crippen LogP contribution in [0.3, 0.4) is 0 Å². The van der Waals surface area contributed by atoms with E-state index in [1.165, 1.54) is 4.90 Å². The average molecular weight is 892 g/mol. The zero-order valence-electron chi connectivity index (χ0n) is 37.3. The van der Waals surface area contributed by atoms with Crippen molar-refractivity contribution in [2.45, 2.75) is 84.7 Å². The van der Waals surface area contributed by atoms with Crippen LogP contribution in [0.4, 0.5) is 11.4 Å². The summed E-state index contributed by atoms with van der Waals surface area (Å²) in [5.74, 6) is -1.09. The van der Waals surface area contributed by atoms with Crippen molar-refractivity contribution < 1.29 is 33.8 Å². The molecule has 17 heteroatoms. The highest BCUT2D eigenvalue weighted by atomic mass is 32.1. The molecule has 338 valence electrons. The van der Waals surface area contributed by atoms with E-state index in [0.717, 1.165) is 27.4 Å². The lowest BCUT2D eigenvalue weighted by molar-refractivity contribution is -0.145. The fourth-order valence-corrected chi connectivity index (χ4v) is 9.09. The van der Waals surface area contributed by atoms with Crippen molar-refractivity contribution in [2.24, 2.45) is 11.3 Å². The smallest absolute Gasteiger partial charge is 0.274 e. The second-order valence-corrected chi connectivity index (χ2v) is 18.5. The Kier molecular flexibility index (Phi) is 14.1. The number of pyridine rings is 1. The number of aliphatic hydroxyl groups excluding tert-OH is 1. The van der Waals surface area contributed by atoms with Crippen LogP contribution in [-0.4, -0.2) is 111 Å². The summed E-state index contributed by atoms with van der Waals surface area (Å²) in [6.07, 6.45) is 1.26. The molecular formula is C47H57N9O7S. The lowest BCUT2D eigenvalue weighted by atomic mass is 9.85. The first-order valence-electron chi connectivity index (χ1n) is 21.5. The predicted octanol–water partition coefficient (Wildman–Crippen LogP) is 5.77. The fraction of sp³-hybridized carbons (Fsp3) is 0.426. The molecule has 7 rings (SSSR count). The molecule has 3 aromatic heterocycles. The summed E-state index contributed by atoms with van der Waals surface area (Å²) in [6.45, 7) is 12.5. The highest BCUT2D eigenvalue weighted by Gasteiger charge is 2.45. The number of benzene rings is 2. The number of rotatable bonds is 14. The quantitative estimate of drug-likeness (QED) is 0.0907. The predicted molar refractivity (Wildman–Crippen MR) is 245 cm³/mol. The van der Waals surface area contributed by atoms with E-state index in [4.69, 9.17) is 9.47 Å². The molecule has 2 aromatic carbocycles. The Balaban J connectivity index is 0.914. The van der Waals surface area contributed by atoms with Crippen LogP contribution in [-0.2, 0) is 19.1 Å². The van der Waals surface area contributed by atoms with Gasteiger partial charge in [0.25, 0.3) is 5.91 Å². The van der Waals surface area contributed by atoms with Gasteiger partial charge in [-0.25, -0.2) is 9.97 Å². The number of ether oxygens (including phenoxy) is 2. The van der Waals surface area contributed by atoms with E-state index in [9.17, 15) is 24.3 Å². The topological polar surface area (TPSA) is 204 Å². The Hall–Kier alpha value is -6.17. The molecule has 0 saturated carbocycles. The van der Waals surface area contributed by atoms with Gasteiger partial charge in [-0.05, 0) is 73.1 Å². The van der Waals surface area contributed by atoms with Crippen LogP contribution in [0.25, 0.3) is 21.8 Å². The molecule has 0 spiro atoms. The number of nitrogens with one attached hydrogen (secondary N) is 4. The van der Waals surface area contributed by atoms with E-state index in [1.54, 1.807) is 55.0 Å². The molecule has 5 heterocycles. The fourth-order valence-electron chi connectivity index (χ4n) is 8.28. The van der Waals surface area contributed by atoms with E-state index >= 15 is 0 Å². The molecule has 0 radical (unpaired) electrons. The maximum absolute atomic E-state index is 14.2. The highest BCUT2D eigenvalue weighted by molar-refractivity contribution is 7.13. The second kappa shape index (κ2) is 19.7. The molecule has 64 heavy (non-hydrogen) atoms. The first kappa shape index (κ1) is 45.8. The number of carbonyl (C=O) groups excluding carboxylic acids is 4. The lowest BCUT2D eigenvalue weighted by Gasteiger charge is -2.38. The normalized spacial score (nSPS) is 19.8. The van der Waals surface area contributed by atoms with E-state index in [-0.39, 0.29) is 55.1 Å². The summed E-state index contributed by atoms with van der Waals surface area (Å²) in [7, 11) is 1.55. The van der Waals surface area contributed by atoms with Crippen molar-refractivity contribution in [1.82, 2.24) is 35.7 Å². The molecule has 5 aromatic rings. The van der Waals surface area contributed by atoms with Gasteiger partial charge in [0.15, 0.2) is 0 Å². The summed E-state index contributed by atoms with van der Waals surface area (Å²) >= 11 is 1.57. The Bertz CT molecular complexity index is 2430. The number of amides is 4. The summed E-state index contributed by atoms with van der Waals surface area (Å²) in [4.78, 5) is 68.1. The number of H-pyrrole nitrogens is 1. The van der Waals surface area contributed by atoms with Crippen LogP contribution in [0, 0.1) is 18.3 Å². The number of aryl methyl sites for hydroxylation is 1. The minimum absolute atomic E-state index is 0.0221. The van der Waals surface area contributed by atoms with Gasteiger partial charge in [-0.3, -0.25) is 24.3 Å². The molecule has 4 amide bonds. The third-order valence-electron chi connectivity index (χ3n) is 11.9. The summed E-state index contributed by atoms with van der Waals surface area (Å²) < 4.78 is 11.9. The number of anilines is 2. The number of piperidine rings is 1. The number of thiazole rings is 1. The molecular weight excluding hydrogens is 835 g/mol. The lowest BCUT2D eigenvalue weighted by Crippen LogP contribution is -2.58. The van der Waals surface area contributed by atoms with Crippen LogP contribution >= 0.6 is 11.3 Å². The highest BCUT2D eigenvalue weighted by Crippen LogP contribution is 2.34. The van der Waals surface area contributed by atoms with E-state index in [2.05, 4.69) is 47.9 Å². The number of likely N-dealkylation sites (tertiary alicyclic amines) is 1. The summed E-state index contributed by atoms with van der Waals surface area (Å²) in [5.41, 5.74) is 6.97. The van der Waals surface area contributed by atoms with Gasteiger partial charge in [0.1, 0.15) is 30.1 Å². The zero-order chi connectivity index (χ0) is 45.7. The Labute approximate surface area is 377 Å². The third kappa shape index (κ3) is 10.6. The molecule has 2 aliphatic rings. The van der Waals surface area contributed by atoms with Crippen LogP contribution < -0.4 is 25.6 Å². The van der Waals surface area contributed by atoms with Gasteiger partial charge < -0.3 is 40.3 Å². The average Bonchev–Trinajstić information content (AvgIpc) is 4.07. The van der Waals surface area contributed by atoms with Crippen LogP contribution in [0.1, 0.15) is 75.2 Å². The number of hydrogen-bond donors (Lipinski definition) is 5. The van der Waals surface area contributed by atoms with Gasteiger partial charge in [-0.15, -0.1) is 11.3 Å². The number of aromatic nitrogens is 4. The minimum Gasteiger partial charge on any atom is -0.494 e. The molecule has 2 fully saturated rings. The van der Waals surface area contributed by atoms with Gasteiger partial charge >= 0.3 is 0 Å². The van der Waals surface area contributed by atoms with Crippen LogP contribution in [0.2, 0.25) is 0 Å². The molecule has 6 unspecified atom stereocenters. The van der Waals surface area contributed by atoms with Gasteiger partial charge in [0.2, 0.25) is 17.7 Å². The number of carbonyl (C=O) groups is 4. The Morgan fingerprint density at radius 2 is 1.81 bits per heavy atom. The third-order valence-corrected chi connectivity index (χ3v) is 12.8. The van der Waals surface area contributed by atoms with E-state index < -0.39 is 35.4 Å². The number of aromatic amines is 1. The number of aliphatic hydroxyl groups is 1. The largest absolute Gasteiger partial charge is 0.494 e. The second-order valence-electron chi connectivity index (χ2n) is 17.7. The number of hydrogen-bond acceptors (Lipinski definition) is 12. The van der Waals surface area contributed by atoms with Gasteiger partial charge in [0.05, 0.1) is 58.5 Å². The van der Waals surface area contributed by atoms with E-state index in [1.807, 2.05) is 76.5 Å². The Morgan fingerprint density at radius 1 is 1.03 bits per heavy atom. The summed E-state index contributed by atoms with van der Waals surface area (Å²) in [5, 5.41) is 26.4. The maximum atomic E-state index is 14.2. The first-order chi connectivity index (χ1) is 30.6. The van der Waals surface area contributed by atoms with Gasteiger partial charge in [-0.2, -0.15) is 5.10 Å². The molecule has 5 N–H and O–H groups in total. The maximum Gasteiger partial charge on any atom is 0.274 e. The van der Waals surface area contributed by atoms with Crippen molar-refractivity contribution in [3.63, 3.8) is 0 Å². The zero-order valence-corrected chi connectivity index (χ0v) is 38.1. The molecule has 2 aliphatic heterocycles. The van der Waals surface area contributed by atoms with Crippen molar-refractivity contribution in [2.75, 3.05) is 43.6 Å². The monoisotopic (exact) mass is 891 g/mol. The minimum atomic E-state index is -0.977. The SMILES string of the molecule is COc1cc(N2CCC(OCC(=O)NC(C(=O)N3CC(O)CC3C(=O)NC(C)c3ccc(-c4scnc4C)cc3)C(C)(C)C)C(C)C2)ccc1NC(=O)c1cccc(-c2ccn[nH]2)n1.